The van der Waals surface area contributed by atoms with Gasteiger partial charge in [-0.1, -0.05) is 103 Å². The lowest BCUT2D eigenvalue weighted by Gasteiger charge is -2.26. The average molecular weight is 695 g/mol. The third-order valence-electron chi connectivity index (χ3n) is 10.3. The molecule has 0 radical (unpaired) electrons. The molecule has 0 amide bonds. The topological polar surface area (TPSA) is 55.6 Å². The van der Waals surface area contributed by atoms with E-state index in [1.54, 1.807) is 0 Å². The molecule has 254 valence electrons. The molecule has 0 aliphatic carbocycles. The van der Waals surface area contributed by atoms with Gasteiger partial charge in [-0.2, -0.15) is 0 Å². The third kappa shape index (κ3) is 4.90. The van der Waals surface area contributed by atoms with E-state index in [2.05, 4.69) is 126 Å². The molecule has 11 aromatic rings. The van der Waals surface area contributed by atoms with Gasteiger partial charge in [-0.05, 0) is 101 Å². The second kappa shape index (κ2) is 12.1. The largest absolute Gasteiger partial charge is 0.456 e. The number of anilines is 3. The van der Waals surface area contributed by atoms with Crippen LogP contribution in [0.2, 0.25) is 0 Å². The Morgan fingerprint density at radius 3 is 1.65 bits per heavy atom. The Morgan fingerprint density at radius 2 is 0.907 bits per heavy atom. The highest BCUT2D eigenvalue weighted by Crippen LogP contribution is 2.43. The zero-order valence-corrected chi connectivity index (χ0v) is 28.9. The fourth-order valence-corrected chi connectivity index (χ4v) is 7.77. The van der Waals surface area contributed by atoms with Gasteiger partial charge in [0.25, 0.3) is 0 Å². The number of para-hydroxylation sites is 1. The number of furan rings is 2. The summed E-state index contributed by atoms with van der Waals surface area (Å²) >= 11 is 0. The Balaban J connectivity index is 1.09. The first-order valence-electron chi connectivity index (χ1n) is 18.0. The van der Waals surface area contributed by atoms with Crippen molar-refractivity contribution in [3.63, 3.8) is 0 Å². The summed E-state index contributed by atoms with van der Waals surface area (Å²) < 4.78 is 19.1. The fraction of sp³-hybridized carbons (Fsp3) is 0. The van der Waals surface area contributed by atoms with Crippen molar-refractivity contribution in [2.24, 2.45) is 0 Å². The van der Waals surface area contributed by atoms with Crippen molar-refractivity contribution < 1.29 is 13.3 Å². The second-order valence-electron chi connectivity index (χ2n) is 13.5. The van der Waals surface area contributed by atoms with Crippen molar-refractivity contribution in [3.05, 3.63) is 182 Å². The Bertz CT molecular complexity index is 3160. The molecule has 0 atom stereocenters. The molecule has 8 aromatic carbocycles. The predicted molar refractivity (Wildman–Crippen MR) is 220 cm³/mol. The van der Waals surface area contributed by atoms with Crippen LogP contribution in [-0.4, -0.2) is 4.98 Å². The summed E-state index contributed by atoms with van der Waals surface area (Å²) in [5.41, 5.74) is 13.4. The lowest BCUT2D eigenvalue weighted by atomic mass is 9.94. The second-order valence-corrected chi connectivity index (χ2v) is 13.5. The Kier molecular flexibility index (Phi) is 6.79. The van der Waals surface area contributed by atoms with E-state index < -0.39 is 0 Å². The summed E-state index contributed by atoms with van der Waals surface area (Å²) in [6.07, 6.45) is 0. The van der Waals surface area contributed by atoms with Crippen LogP contribution >= 0.6 is 0 Å². The van der Waals surface area contributed by atoms with Crippen LogP contribution in [0, 0.1) is 0 Å². The molecule has 3 heterocycles. The molecule has 0 aliphatic rings. The summed E-state index contributed by atoms with van der Waals surface area (Å²) in [5.74, 6) is 0.583. The molecule has 0 aliphatic heterocycles. The van der Waals surface area contributed by atoms with Crippen LogP contribution in [0.1, 0.15) is 0 Å². The molecule has 0 bridgehead atoms. The number of aromatic nitrogens is 1. The van der Waals surface area contributed by atoms with Gasteiger partial charge < -0.3 is 18.2 Å². The average Bonchev–Trinajstić information content (AvgIpc) is 3.95. The number of benzene rings is 8. The van der Waals surface area contributed by atoms with Crippen LogP contribution < -0.4 is 4.90 Å². The Hall–Kier alpha value is -7.37. The molecule has 0 N–H and O–H groups in total. The fourth-order valence-electron chi connectivity index (χ4n) is 7.77. The van der Waals surface area contributed by atoms with Gasteiger partial charge in [0.15, 0.2) is 5.58 Å². The highest BCUT2D eigenvalue weighted by Gasteiger charge is 2.21. The van der Waals surface area contributed by atoms with E-state index in [4.69, 9.17) is 18.2 Å². The number of hydrogen-bond acceptors (Lipinski definition) is 5. The summed E-state index contributed by atoms with van der Waals surface area (Å²) in [5, 5.41) is 4.01. The lowest BCUT2D eigenvalue weighted by Crippen LogP contribution is -2.09. The van der Waals surface area contributed by atoms with Crippen LogP contribution in [0.15, 0.2) is 195 Å². The first-order chi connectivity index (χ1) is 26.7. The molecule has 0 spiro atoms. The zero-order chi connectivity index (χ0) is 35.6. The molecular formula is C49H30N2O3. The Morgan fingerprint density at radius 1 is 0.370 bits per heavy atom. The van der Waals surface area contributed by atoms with Crippen molar-refractivity contribution in [2.75, 3.05) is 4.90 Å². The lowest BCUT2D eigenvalue weighted by molar-refractivity contribution is 0.622. The standard InChI is InChI=1S/C49H30N2O3/c1-3-11-31(12-4-1)37-15-7-8-16-38(37)32-19-21-34(22-20-32)51(35-23-26-44-40(29-35)39-17-9-10-18-43(39)52-44)36-24-27-45-41(30-36)47-46(53-45)28-25-42-48(47)54-49(50-42)33-13-5-2-6-14-33/h1-30H. The van der Waals surface area contributed by atoms with E-state index in [-0.39, 0.29) is 0 Å². The minimum absolute atomic E-state index is 0.583. The molecule has 0 saturated carbocycles. The number of hydrogen-bond donors (Lipinski definition) is 0. The van der Waals surface area contributed by atoms with E-state index >= 15 is 0 Å². The van der Waals surface area contributed by atoms with E-state index in [9.17, 15) is 0 Å². The van der Waals surface area contributed by atoms with Gasteiger partial charge in [0.05, 0.1) is 5.39 Å². The van der Waals surface area contributed by atoms with E-state index in [1.165, 1.54) is 16.7 Å². The maximum absolute atomic E-state index is 6.49. The molecule has 54 heavy (non-hydrogen) atoms. The zero-order valence-electron chi connectivity index (χ0n) is 28.9. The Labute approximate surface area is 309 Å². The van der Waals surface area contributed by atoms with Crippen LogP contribution in [0.25, 0.3) is 88.7 Å². The number of fused-ring (bicyclic) bond motifs is 8. The van der Waals surface area contributed by atoms with Gasteiger partial charge in [-0.3, -0.25) is 0 Å². The summed E-state index contributed by atoms with van der Waals surface area (Å²) in [7, 11) is 0. The van der Waals surface area contributed by atoms with Gasteiger partial charge in [0.1, 0.15) is 27.8 Å². The predicted octanol–water partition coefficient (Wildman–Crippen LogP) is 14.1. The molecule has 0 unspecified atom stereocenters. The van der Waals surface area contributed by atoms with E-state index in [1.807, 2.05) is 60.7 Å². The number of nitrogens with zero attached hydrogens (tertiary/aromatic N) is 2. The van der Waals surface area contributed by atoms with Crippen LogP contribution in [0.4, 0.5) is 17.1 Å². The smallest absolute Gasteiger partial charge is 0.227 e. The normalized spacial score (nSPS) is 11.7. The van der Waals surface area contributed by atoms with Crippen molar-refractivity contribution in [3.8, 4) is 33.7 Å². The maximum atomic E-state index is 6.49. The van der Waals surface area contributed by atoms with E-state index in [0.717, 1.165) is 77.6 Å². The molecule has 0 saturated heterocycles. The van der Waals surface area contributed by atoms with E-state index in [0.29, 0.717) is 11.5 Å². The highest BCUT2D eigenvalue weighted by molar-refractivity contribution is 6.17. The van der Waals surface area contributed by atoms with Crippen LogP contribution in [0.3, 0.4) is 0 Å². The first kappa shape index (κ1) is 30.3. The highest BCUT2D eigenvalue weighted by atomic mass is 16.4. The van der Waals surface area contributed by atoms with Gasteiger partial charge in [-0.25, -0.2) is 4.98 Å². The summed E-state index contributed by atoms with van der Waals surface area (Å²) in [4.78, 5) is 7.15. The number of rotatable bonds is 6. The molecular weight excluding hydrogens is 665 g/mol. The van der Waals surface area contributed by atoms with Gasteiger partial charge >= 0.3 is 0 Å². The van der Waals surface area contributed by atoms with Crippen molar-refractivity contribution in [1.29, 1.82) is 0 Å². The monoisotopic (exact) mass is 694 g/mol. The quantitative estimate of drug-likeness (QED) is 0.173. The SMILES string of the molecule is c1ccc(-c2nc3ccc4oc5ccc(N(c6ccc(-c7ccccc7-c7ccccc7)cc6)c6ccc7oc8ccccc8c7c6)cc5c4c3o2)cc1. The van der Waals surface area contributed by atoms with Crippen LogP contribution in [-0.2, 0) is 0 Å². The first-order valence-corrected chi connectivity index (χ1v) is 18.0. The molecule has 11 rings (SSSR count). The summed E-state index contributed by atoms with van der Waals surface area (Å²) in [6.45, 7) is 0. The van der Waals surface area contributed by atoms with Gasteiger partial charge in [-0.15, -0.1) is 0 Å². The molecule has 0 fully saturated rings. The van der Waals surface area contributed by atoms with Gasteiger partial charge in [0, 0.05) is 38.8 Å². The van der Waals surface area contributed by atoms with Crippen molar-refractivity contribution in [1.82, 2.24) is 4.98 Å². The number of oxazole rings is 1. The third-order valence-corrected chi connectivity index (χ3v) is 10.3. The molecule has 5 nitrogen and oxygen atoms in total. The minimum atomic E-state index is 0.583. The molecule has 5 heteroatoms. The summed E-state index contributed by atoms with van der Waals surface area (Å²) in [6, 6.07) is 62.9. The minimum Gasteiger partial charge on any atom is -0.456 e. The maximum Gasteiger partial charge on any atom is 0.227 e. The molecule has 3 aromatic heterocycles. The van der Waals surface area contributed by atoms with Gasteiger partial charge in [0.2, 0.25) is 5.89 Å². The van der Waals surface area contributed by atoms with Crippen molar-refractivity contribution >= 4 is 72.0 Å². The van der Waals surface area contributed by atoms with Crippen molar-refractivity contribution in [2.45, 2.75) is 0 Å². The van der Waals surface area contributed by atoms with Crippen LogP contribution in [0.5, 0.6) is 0 Å².